The number of ether oxygens (including phenoxy) is 1. The van der Waals surface area contributed by atoms with Crippen LogP contribution in [-0.4, -0.2) is 18.9 Å². The summed E-state index contributed by atoms with van der Waals surface area (Å²) in [6, 6.07) is 8.55. The lowest BCUT2D eigenvalue weighted by Crippen LogP contribution is -2.05. The smallest absolute Gasteiger partial charge is 0.373 e. The van der Waals surface area contributed by atoms with Gasteiger partial charge in [-0.3, -0.25) is 4.79 Å². The van der Waals surface area contributed by atoms with Crippen molar-refractivity contribution in [1.82, 2.24) is 0 Å². The molecule has 0 aliphatic rings. The van der Waals surface area contributed by atoms with E-state index in [2.05, 4.69) is 4.74 Å². The highest BCUT2D eigenvalue weighted by Crippen LogP contribution is 2.20. The largest absolute Gasteiger partial charge is 0.463 e. The van der Waals surface area contributed by atoms with Crippen molar-refractivity contribution >= 4 is 11.8 Å². The van der Waals surface area contributed by atoms with Crippen molar-refractivity contribution in [3.8, 4) is 0 Å². The molecule has 0 saturated carbocycles. The minimum absolute atomic E-state index is 0.0251. The number of hydrogen-bond acceptors (Lipinski definition) is 4. The molecule has 0 aliphatic heterocycles. The van der Waals surface area contributed by atoms with Crippen molar-refractivity contribution in [3.05, 3.63) is 58.5 Å². The van der Waals surface area contributed by atoms with Gasteiger partial charge in [-0.2, -0.15) is 0 Å². The summed E-state index contributed by atoms with van der Waals surface area (Å²) in [6.07, 6.45) is 0. The van der Waals surface area contributed by atoms with Gasteiger partial charge in [0.05, 0.1) is 7.11 Å². The molecular formula is C15H14O4. The first-order chi connectivity index (χ1) is 9.04. The first kappa shape index (κ1) is 13.1. The second-order valence-corrected chi connectivity index (χ2v) is 4.25. The maximum absolute atomic E-state index is 12.4. The Bertz CT molecular complexity index is 617. The SMILES string of the molecule is COC(=O)c1ccc(C(=O)c2c(C)cccc2C)o1. The summed E-state index contributed by atoms with van der Waals surface area (Å²) >= 11 is 0. The van der Waals surface area contributed by atoms with Crippen molar-refractivity contribution in [1.29, 1.82) is 0 Å². The zero-order valence-electron chi connectivity index (χ0n) is 11.0. The molecule has 0 amide bonds. The molecule has 0 spiro atoms. The van der Waals surface area contributed by atoms with E-state index in [-0.39, 0.29) is 17.3 Å². The van der Waals surface area contributed by atoms with E-state index in [1.54, 1.807) is 0 Å². The van der Waals surface area contributed by atoms with E-state index in [0.29, 0.717) is 5.56 Å². The maximum Gasteiger partial charge on any atom is 0.373 e. The molecule has 2 rings (SSSR count). The summed E-state index contributed by atoms with van der Waals surface area (Å²) in [4.78, 5) is 23.7. The van der Waals surface area contributed by atoms with Crippen LogP contribution in [0.2, 0.25) is 0 Å². The van der Waals surface area contributed by atoms with Crippen LogP contribution < -0.4 is 0 Å². The van der Waals surface area contributed by atoms with Crippen LogP contribution in [0.15, 0.2) is 34.7 Å². The average molecular weight is 258 g/mol. The summed E-state index contributed by atoms with van der Waals surface area (Å²) in [5, 5.41) is 0. The quantitative estimate of drug-likeness (QED) is 0.627. The molecular weight excluding hydrogens is 244 g/mol. The normalized spacial score (nSPS) is 10.3. The van der Waals surface area contributed by atoms with E-state index >= 15 is 0 Å². The third-order valence-corrected chi connectivity index (χ3v) is 2.92. The van der Waals surface area contributed by atoms with Crippen molar-refractivity contribution < 1.29 is 18.7 Å². The Labute approximate surface area is 111 Å². The van der Waals surface area contributed by atoms with Gasteiger partial charge in [0.2, 0.25) is 11.5 Å². The van der Waals surface area contributed by atoms with E-state index in [0.717, 1.165) is 11.1 Å². The van der Waals surface area contributed by atoms with Gasteiger partial charge in [-0.05, 0) is 37.1 Å². The molecule has 1 aromatic carbocycles. The summed E-state index contributed by atoms with van der Waals surface area (Å²) in [5.41, 5.74) is 2.36. The zero-order chi connectivity index (χ0) is 14.0. The van der Waals surface area contributed by atoms with Crippen molar-refractivity contribution in [2.45, 2.75) is 13.8 Å². The lowest BCUT2D eigenvalue weighted by Gasteiger charge is -2.06. The van der Waals surface area contributed by atoms with Crippen LogP contribution in [0.5, 0.6) is 0 Å². The average Bonchev–Trinajstić information content (AvgIpc) is 2.87. The van der Waals surface area contributed by atoms with Gasteiger partial charge in [0.1, 0.15) is 0 Å². The Kier molecular flexibility index (Phi) is 3.51. The molecule has 0 radical (unpaired) electrons. The Morgan fingerprint density at radius 1 is 1.00 bits per heavy atom. The van der Waals surface area contributed by atoms with Crippen molar-refractivity contribution in [2.75, 3.05) is 7.11 Å². The standard InChI is InChI=1S/C15H14O4/c1-9-5-4-6-10(2)13(9)14(16)11-7-8-12(19-11)15(17)18-3/h4-8H,1-3H3. The highest BCUT2D eigenvalue weighted by atomic mass is 16.5. The van der Waals surface area contributed by atoms with Crippen LogP contribution in [0, 0.1) is 13.8 Å². The van der Waals surface area contributed by atoms with E-state index in [1.807, 2.05) is 32.0 Å². The third kappa shape index (κ3) is 2.42. The van der Waals surface area contributed by atoms with E-state index in [4.69, 9.17) is 4.42 Å². The van der Waals surface area contributed by atoms with Gasteiger partial charge in [0, 0.05) is 5.56 Å². The number of benzene rings is 1. The number of furan rings is 1. The van der Waals surface area contributed by atoms with Crippen molar-refractivity contribution in [3.63, 3.8) is 0 Å². The van der Waals surface area contributed by atoms with Gasteiger partial charge in [0.25, 0.3) is 0 Å². The van der Waals surface area contributed by atoms with Crippen molar-refractivity contribution in [2.24, 2.45) is 0 Å². The number of ketones is 1. The second-order valence-electron chi connectivity index (χ2n) is 4.25. The second kappa shape index (κ2) is 5.10. The first-order valence-corrected chi connectivity index (χ1v) is 5.83. The van der Waals surface area contributed by atoms with E-state index in [1.165, 1.54) is 19.2 Å². The molecule has 98 valence electrons. The zero-order valence-corrected chi connectivity index (χ0v) is 11.0. The summed E-state index contributed by atoms with van der Waals surface area (Å²) in [7, 11) is 1.26. The predicted octanol–water partition coefficient (Wildman–Crippen LogP) is 2.91. The Morgan fingerprint density at radius 2 is 1.58 bits per heavy atom. The van der Waals surface area contributed by atoms with E-state index in [9.17, 15) is 9.59 Å². The molecule has 0 unspecified atom stereocenters. The predicted molar refractivity (Wildman–Crippen MR) is 69.4 cm³/mol. The summed E-state index contributed by atoms with van der Waals surface area (Å²) < 4.78 is 9.78. The molecule has 0 fully saturated rings. The summed E-state index contributed by atoms with van der Waals surface area (Å²) in [5.74, 6) is -0.666. The number of carbonyl (C=O) groups is 2. The van der Waals surface area contributed by atoms with Crippen LogP contribution in [0.25, 0.3) is 0 Å². The number of aryl methyl sites for hydroxylation is 2. The molecule has 0 N–H and O–H groups in total. The molecule has 0 aliphatic carbocycles. The minimum atomic E-state index is -0.597. The first-order valence-electron chi connectivity index (χ1n) is 5.83. The molecule has 4 heteroatoms. The van der Waals surface area contributed by atoms with Crippen LogP contribution in [-0.2, 0) is 4.74 Å². The molecule has 2 aromatic rings. The highest BCUT2D eigenvalue weighted by Gasteiger charge is 2.20. The van der Waals surface area contributed by atoms with Gasteiger partial charge in [-0.15, -0.1) is 0 Å². The molecule has 19 heavy (non-hydrogen) atoms. The fourth-order valence-corrected chi connectivity index (χ4v) is 1.97. The van der Waals surface area contributed by atoms with E-state index < -0.39 is 5.97 Å². The minimum Gasteiger partial charge on any atom is -0.463 e. The van der Waals surface area contributed by atoms with Gasteiger partial charge >= 0.3 is 5.97 Å². The Hall–Kier alpha value is -2.36. The van der Waals surface area contributed by atoms with Gasteiger partial charge in [-0.25, -0.2) is 4.79 Å². The number of hydrogen-bond donors (Lipinski definition) is 0. The third-order valence-electron chi connectivity index (χ3n) is 2.92. The number of rotatable bonds is 3. The number of methoxy groups -OCH3 is 1. The Morgan fingerprint density at radius 3 is 2.16 bits per heavy atom. The molecule has 1 aromatic heterocycles. The number of carbonyl (C=O) groups excluding carboxylic acids is 2. The Balaban J connectivity index is 2.40. The fourth-order valence-electron chi connectivity index (χ4n) is 1.97. The van der Waals surface area contributed by atoms with Gasteiger partial charge in [-0.1, -0.05) is 18.2 Å². The molecule has 0 atom stereocenters. The lowest BCUT2D eigenvalue weighted by atomic mass is 9.98. The van der Waals surface area contributed by atoms with Crippen LogP contribution in [0.1, 0.15) is 37.8 Å². The monoisotopic (exact) mass is 258 g/mol. The molecule has 4 nitrogen and oxygen atoms in total. The molecule has 1 heterocycles. The molecule has 0 bridgehead atoms. The van der Waals surface area contributed by atoms with Gasteiger partial charge < -0.3 is 9.15 Å². The highest BCUT2D eigenvalue weighted by molar-refractivity contribution is 6.09. The lowest BCUT2D eigenvalue weighted by molar-refractivity contribution is 0.0563. The summed E-state index contributed by atoms with van der Waals surface area (Å²) in [6.45, 7) is 3.73. The van der Waals surface area contributed by atoms with Gasteiger partial charge in [0.15, 0.2) is 5.76 Å². The maximum atomic E-state index is 12.4. The fraction of sp³-hybridized carbons (Fsp3) is 0.200. The molecule has 0 saturated heterocycles. The van der Waals surface area contributed by atoms with Crippen LogP contribution in [0.4, 0.5) is 0 Å². The van der Waals surface area contributed by atoms with Crippen LogP contribution in [0.3, 0.4) is 0 Å². The topological polar surface area (TPSA) is 56.5 Å². The number of esters is 1. The van der Waals surface area contributed by atoms with Crippen LogP contribution >= 0.6 is 0 Å².